The minimum atomic E-state index is 0.0648. The van der Waals surface area contributed by atoms with Crippen molar-refractivity contribution in [2.75, 3.05) is 39.3 Å². The molecule has 0 aliphatic carbocycles. The van der Waals surface area contributed by atoms with Crippen molar-refractivity contribution in [2.45, 2.75) is 45.1 Å². The van der Waals surface area contributed by atoms with Gasteiger partial charge in [-0.25, -0.2) is 0 Å². The number of nitrogens with zero attached hydrogens (tertiary/aromatic N) is 2. The second kappa shape index (κ2) is 10.3. The third kappa shape index (κ3) is 5.96. The zero-order chi connectivity index (χ0) is 18.9. The summed E-state index contributed by atoms with van der Waals surface area (Å²) in [6, 6.07) is 7.83. The molecule has 6 nitrogen and oxygen atoms in total. The number of nitrogens with one attached hydrogen (secondary N) is 1. The molecule has 2 aliphatic rings. The predicted molar refractivity (Wildman–Crippen MR) is 105 cm³/mol. The first-order chi connectivity index (χ1) is 13.2. The van der Waals surface area contributed by atoms with Gasteiger partial charge in [-0.1, -0.05) is 24.6 Å². The maximum atomic E-state index is 12.2. The highest BCUT2D eigenvalue weighted by atomic mass is 16.5. The summed E-state index contributed by atoms with van der Waals surface area (Å²) in [6.07, 6.45) is 6.13. The Labute approximate surface area is 161 Å². The molecule has 2 amide bonds. The molecule has 0 bridgehead atoms. The van der Waals surface area contributed by atoms with E-state index in [0.717, 1.165) is 76.1 Å². The van der Waals surface area contributed by atoms with Gasteiger partial charge in [-0.3, -0.25) is 9.59 Å². The molecule has 27 heavy (non-hydrogen) atoms. The van der Waals surface area contributed by atoms with Gasteiger partial charge < -0.3 is 19.9 Å². The van der Waals surface area contributed by atoms with E-state index in [4.69, 9.17) is 4.74 Å². The average molecular weight is 373 g/mol. The fourth-order valence-corrected chi connectivity index (χ4v) is 3.70. The lowest BCUT2D eigenvalue weighted by Crippen LogP contribution is -2.36. The Morgan fingerprint density at radius 1 is 1.04 bits per heavy atom. The fraction of sp³-hybridized carbons (Fsp3) is 0.619. The minimum absolute atomic E-state index is 0.0648. The van der Waals surface area contributed by atoms with Crippen molar-refractivity contribution >= 4 is 11.8 Å². The number of carbonyl (C=O) groups is 2. The van der Waals surface area contributed by atoms with Gasteiger partial charge in [0, 0.05) is 51.3 Å². The van der Waals surface area contributed by atoms with Crippen molar-refractivity contribution in [3.63, 3.8) is 0 Å². The summed E-state index contributed by atoms with van der Waals surface area (Å²) in [4.78, 5) is 28.0. The average Bonchev–Trinajstić information content (AvgIpc) is 3.15. The largest absolute Gasteiger partial charge is 0.483 e. The molecule has 2 saturated heterocycles. The van der Waals surface area contributed by atoms with Crippen LogP contribution in [0.1, 0.15) is 44.1 Å². The van der Waals surface area contributed by atoms with Crippen molar-refractivity contribution in [3.8, 4) is 5.75 Å². The van der Waals surface area contributed by atoms with E-state index in [-0.39, 0.29) is 18.4 Å². The van der Waals surface area contributed by atoms with Crippen LogP contribution in [0, 0.1) is 0 Å². The summed E-state index contributed by atoms with van der Waals surface area (Å²) < 4.78 is 5.80. The Morgan fingerprint density at radius 2 is 1.81 bits per heavy atom. The van der Waals surface area contributed by atoms with Crippen molar-refractivity contribution in [3.05, 3.63) is 29.8 Å². The normalized spacial score (nSPS) is 17.9. The number of hydrogen-bond donors (Lipinski definition) is 1. The molecule has 0 radical (unpaired) electrons. The monoisotopic (exact) mass is 373 g/mol. The maximum absolute atomic E-state index is 12.2. The van der Waals surface area contributed by atoms with Crippen LogP contribution in [0.3, 0.4) is 0 Å². The maximum Gasteiger partial charge on any atom is 0.260 e. The van der Waals surface area contributed by atoms with Crippen LogP contribution in [0.15, 0.2) is 24.3 Å². The quantitative estimate of drug-likeness (QED) is 0.710. The van der Waals surface area contributed by atoms with Gasteiger partial charge in [0.1, 0.15) is 5.75 Å². The lowest BCUT2D eigenvalue weighted by molar-refractivity contribution is -0.132. The summed E-state index contributed by atoms with van der Waals surface area (Å²) in [6.45, 7) is 4.83. The number of ether oxygens (including phenoxy) is 1. The fourth-order valence-electron chi connectivity index (χ4n) is 3.70. The highest BCUT2D eigenvalue weighted by molar-refractivity contribution is 5.78. The Morgan fingerprint density at radius 3 is 2.67 bits per heavy atom. The zero-order valence-corrected chi connectivity index (χ0v) is 16.1. The molecule has 1 aromatic rings. The van der Waals surface area contributed by atoms with Crippen LogP contribution in [0.25, 0.3) is 0 Å². The summed E-state index contributed by atoms with van der Waals surface area (Å²) >= 11 is 0. The molecule has 0 atom stereocenters. The van der Waals surface area contributed by atoms with Gasteiger partial charge >= 0.3 is 0 Å². The number of para-hydroxylation sites is 1. The summed E-state index contributed by atoms with van der Waals surface area (Å²) in [5.74, 6) is 1.09. The molecule has 3 rings (SSSR count). The van der Waals surface area contributed by atoms with Gasteiger partial charge in [0.15, 0.2) is 6.61 Å². The summed E-state index contributed by atoms with van der Waals surface area (Å²) in [5.41, 5.74) is 1.04. The van der Waals surface area contributed by atoms with E-state index in [1.807, 2.05) is 34.1 Å². The van der Waals surface area contributed by atoms with Crippen LogP contribution in [-0.2, 0) is 16.1 Å². The van der Waals surface area contributed by atoms with Crippen LogP contribution < -0.4 is 10.1 Å². The van der Waals surface area contributed by atoms with Crippen LogP contribution in [0.2, 0.25) is 0 Å². The Balaban J connectivity index is 1.43. The first-order valence-electron chi connectivity index (χ1n) is 10.2. The lowest BCUT2D eigenvalue weighted by atomic mass is 10.2. The lowest BCUT2D eigenvalue weighted by Gasteiger charge is -2.21. The topological polar surface area (TPSA) is 61.9 Å². The summed E-state index contributed by atoms with van der Waals surface area (Å²) in [7, 11) is 0. The van der Waals surface area contributed by atoms with E-state index in [1.54, 1.807) is 0 Å². The Bertz CT molecular complexity index is 629. The molecule has 6 heteroatoms. The van der Waals surface area contributed by atoms with Gasteiger partial charge in [-0.2, -0.15) is 0 Å². The molecule has 2 aliphatic heterocycles. The highest BCUT2D eigenvalue weighted by Gasteiger charge is 2.19. The number of amides is 2. The molecule has 2 heterocycles. The van der Waals surface area contributed by atoms with E-state index in [0.29, 0.717) is 13.0 Å². The highest BCUT2D eigenvalue weighted by Crippen LogP contribution is 2.18. The van der Waals surface area contributed by atoms with Gasteiger partial charge in [0.05, 0.1) is 0 Å². The molecule has 2 fully saturated rings. The summed E-state index contributed by atoms with van der Waals surface area (Å²) in [5, 5.41) is 3.40. The first kappa shape index (κ1) is 19.7. The Hall–Kier alpha value is -2.08. The predicted octanol–water partition coefficient (Wildman–Crippen LogP) is 2.18. The molecule has 1 aromatic carbocycles. The van der Waals surface area contributed by atoms with Gasteiger partial charge in [-0.15, -0.1) is 0 Å². The standard InChI is InChI=1S/C21H31N3O3/c25-20-10-2-1-5-12-24(20)15-11-22-16-18-8-3-4-9-19(18)27-17-21(26)23-13-6-7-14-23/h3-4,8-9,22H,1-2,5-7,10-17H2. The van der Waals surface area contributed by atoms with Crippen LogP contribution in [0.5, 0.6) is 5.75 Å². The van der Waals surface area contributed by atoms with E-state index >= 15 is 0 Å². The van der Waals surface area contributed by atoms with E-state index < -0.39 is 0 Å². The van der Waals surface area contributed by atoms with Crippen LogP contribution in [0.4, 0.5) is 0 Å². The van der Waals surface area contributed by atoms with E-state index in [2.05, 4.69) is 5.32 Å². The van der Waals surface area contributed by atoms with E-state index in [9.17, 15) is 9.59 Å². The third-order valence-electron chi connectivity index (χ3n) is 5.33. The second-order valence-electron chi connectivity index (χ2n) is 7.35. The van der Waals surface area contributed by atoms with Crippen LogP contribution in [-0.4, -0.2) is 60.9 Å². The SMILES string of the molecule is O=C1CCCCCN1CCNCc1ccccc1OCC(=O)N1CCCC1. The van der Waals surface area contributed by atoms with Crippen molar-refractivity contribution in [1.29, 1.82) is 0 Å². The van der Waals surface area contributed by atoms with Gasteiger partial charge in [-0.05, 0) is 31.7 Å². The first-order valence-corrected chi connectivity index (χ1v) is 10.2. The number of benzene rings is 1. The smallest absolute Gasteiger partial charge is 0.260 e. The zero-order valence-electron chi connectivity index (χ0n) is 16.1. The van der Waals surface area contributed by atoms with Crippen molar-refractivity contribution in [2.24, 2.45) is 0 Å². The Kier molecular flexibility index (Phi) is 7.51. The van der Waals surface area contributed by atoms with Gasteiger partial charge in [0.2, 0.25) is 5.91 Å². The van der Waals surface area contributed by atoms with E-state index in [1.165, 1.54) is 0 Å². The molecular weight excluding hydrogens is 342 g/mol. The molecule has 1 N–H and O–H groups in total. The number of likely N-dealkylation sites (tertiary alicyclic amines) is 2. The van der Waals surface area contributed by atoms with Crippen molar-refractivity contribution < 1.29 is 14.3 Å². The third-order valence-corrected chi connectivity index (χ3v) is 5.33. The molecule has 148 valence electrons. The molecule has 0 aromatic heterocycles. The second-order valence-corrected chi connectivity index (χ2v) is 7.35. The molecule has 0 unspecified atom stereocenters. The molecule has 0 spiro atoms. The molecule has 0 saturated carbocycles. The number of carbonyl (C=O) groups excluding carboxylic acids is 2. The van der Waals surface area contributed by atoms with Crippen molar-refractivity contribution in [1.82, 2.24) is 15.1 Å². The minimum Gasteiger partial charge on any atom is -0.483 e. The number of rotatable bonds is 8. The van der Waals surface area contributed by atoms with Gasteiger partial charge in [0.25, 0.3) is 5.91 Å². The van der Waals surface area contributed by atoms with Crippen LogP contribution >= 0.6 is 0 Å². The number of hydrogen-bond acceptors (Lipinski definition) is 4. The molecular formula is C21H31N3O3.